The van der Waals surface area contributed by atoms with Crippen LogP contribution in [0.4, 0.5) is 8.78 Å². The average Bonchev–Trinajstić information content (AvgIpc) is 2.31. The van der Waals surface area contributed by atoms with Crippen LogP contribution in [0.3, 0.4) is 0 Å². The molecule has 1 N–H and O–H groups in total. The van der Waals surface area contributed by atoms with Gasteiger partial charge in [-0.15, -0.1) is 0 Å². The minimum Gasteiger partial charge on any atom is -0.308 e. The second kappa shape index (κ2) is 6.96. The molecule has 0 fully saturated rings. The first kappa shape index (κ1) is 16.1. The van der Waals surface area contributed by atoms with Crippen molar-refractivity contribution in [3.63, 3.8) is 0 Å². The molecule has 0 aromatic heterocycles. The van der Waals surface area contributed by atoms with Crippen LogP contribution in [0.1, 0.15) is 32.4 Å². The van der Waals surface area contributed by atoms with E-state index in [0.29, 0.717) is 11.5 Å². The summed E-state index contributed by atoms with van der Waals surface area (Å²) < 4.78 is 27.0. The number of rotatable bonds is 6. The van der Waals surface area contributed by atoms with E-state index in [9.17, 15) is 8.78 Å². The van der Waals surface area contributed by atoms with Gasteiger partial charge in [-0.05, 0) is 33.0 Å². The van der Waals surface area contributed by atoms with E-state index in [1.54, 1.807) is 12.1 Å². The maximum atomic E-state index is 13.7. The topological polar surface area (TPSA) is 15.3 Å². The van der Waals surface area contributed by atoms with E-state index in [-0.39, 0.29) is 12.1 Å². The Labute approximate surface area is 114 Å². The molecule has 2 unspecified atom stereocenters. The van der Waals surface area contributed by atoms with E-state index >= 15 is 0 Å². The van der Waals surface area contributed by atoms with Crippen molar-refractivity contribution in [3.8, 4) is 0 Å². The van der Waals surface area contributed by atoms with Gasteiger partial charge in [0.15, 0.2) is 11.6 Å². The second-order valence-corrected chi connectivity index (χ2v) is 5.64. The lowest BCUT2D eigenvalue weighted by Crippen LogP contribution is -2.43. The van der Waals surface area contributed by atoms with Gasteiger partial charge < -0.3 is 10.2 Å². The fraction of sp³-hybridized carbons (Fsp3) is 0.600. The number of hydrogen-bond donors (Lipinski definition) is 1. The van der Waals surface area contributed by atoms with Crippen LogP contribution in [0.5, 0.6) is 0 Å². The first-order valence-corrected chi connectivity index (χ1v) is 6.67. The molecule has 0 saturated heterocycles. The zero-order chi connectivity index (χ0) is 14.6. The van der Waals surface area contributed by atoms with Gasteiger partial charge in [0.1, 0.15) is 0 Å². The van der Waals surface area contributed by atoms with E-state index in [1.807, 2.05) is 21.0 Å². The van der Waals surface area contributed by atoms with Gasteiger partial charge in [0, 0.05) is 24.2 Å². The van der Waals surface area contributed by atoms with E-state index < -0.39 is 11.6 Å². The number of nitrogens with one attached hydrogen (secondary N) is 1. The Balaban J connectivity index is 2.81. The van der Waals surface area contributed by atoms with Crippen molar-refractivity contribution < 1.29 is 8.78 Å². The summed E-state index contributed by atoms with van der Waals surface area (Å²) in [5.41, 5.74) is 0.379. The van der Waals surface area contributed by atoms with Crippen LogP contribution in [0.25, 0.3) is 0 Å². The van der Waals surface area contributed by atoms with Crippen LogP contribution >= 0.6 is 0 Å². The van der Waals surface area contributed by atoms with Gasteiger partial charge in [-0.3, -0.25) is 0 Å². The zero-order valence-electron chi connectivity index (χ0n) is 12.4. The van der Waals surface area contributed by atoms with E-state index in [2.05, 4.69) is 24.1 Å². The van der Waals surface area contributed by atoms with Crippen molar-refractivity contribution in [2.45, 2.75) is 32.9 Å². The first-order chi connectivity index (χ1) is 8.82. The molecule has 0 radical (unpaired) electrons. The van der Waals surface area contributed by atoms with Crippen molar-refractivity contribution in [1.82, 2.24) is 10.2 Å². The Hall–Kier alpha value is -1.00. The van der Waals surface area contributed by atoms with Crippen molar-refractivity contribution >= 4 is 0 Å². The number of hydrogen-bond acceptors (Lipinski definition) is 2. The minimum absolute atomic E-state index is 0.219. The van der Waals surface area contributed by atoms with Gasteiger partial charge in [-0.25, -0.2) is 8.78 Å². The second-order valence-electron chi connectivity index (χ2n) is 5.64. The Morgan fingerprint density at radius 1 is 1.16 bits per heavy atom. The zero-order valence-corrected chi connectivity index (χ0v) is 12.4. The average molecular weight is 270 g/mol. The van der Waals surface area contributed by atoms with Crippen LogP contribution in [0.15, 0.2) is 18.2 Å². The van der Waals surface area contributed by atoms with Gasteiger partial charge in [0.05, 0.1) is 0 Å². The smallest absolute Gasteiger partial charge is 0.163 e. The molecule has 19 heavy (non-hydrogen) atoms. The highest BCUT2D eigenvalue weighted by atomic mass is 19.2. The predicted octanol–water partition coefficient (Wildman–Crippen LogP) is 3.20. The highest BCUT2D eigenvalue weighted by Crippen LogP contribution is 2.20. The van der Waals surface area contributed by atoms with Gasteiger partial charge in [-0.2, -0.15) is 0 Å². The van der Waals surface area contributed by atoms with Crippen molar-refractivity contribution in [3.05, 3.63) is 35.4 Å². The molecule has 2 nitrogen and oxygen atoms in total. The monoisotopic (exact) mass is 270 g/mol. The minimum atomic E-state index is -0.792. The molecule has 108 valence electrons. The normalized spacial score (nSPS) is 15.0. The number of benzene rings is 1. The van der Waals surface area contributed by atoms with Crippen molar-refractivity contribution in [2.24, 2.45) is 5.92 Å². The van der Waals surface area contributed by atoms with E-state index in [4.69, 9.17) is 0 Å². The lowest BCUT2D eigenvalue weighted by atomic mass is 10.0. The summed E-state index contributed by atoms with van der Waals surface area (Å²) in [6.45, 7) is 6.97. The van der Waals surface area contributed by atoms with Crippen LogP contribution in [-0.2, 0) is 0 Å². The van der Waals surface area contributed by atoms with E-state index in [1.165, 1.54) is 0 Å². The largest absolute Gasteiger partial charge is 0.308 e. The molecule has 2 atom stereocenters. The first-order valence-electron chi connectivity index (χ1n) is 6.67. The fourth-order valence-corrected chi connectivity index (χ4v) is 2.12. The number of nitrogens with zero attached hydrogens (tertiary/aromatic N) is 1. The van der Waals surface area contributed by atoms with Gasteiger partial charge in [0.25, 0.3) is 0 Å². The molecule has 0 aliphatic heterocycles. The Morgan fingerprint density at radius 3 is 2.32 bits per heavy atom. The Kier molecular flexibility index (Phi) is 5.88. The molecule has 1 rings (SSSR count). The summed E-state index contributed by atoms with van der Waals surface area (Å²) >= 11 is 0. The number of halogens is 2. The Bertz CT molecular complexity index is 405. The fourth-order valence-electron chi connectivity index (χ4n) is 2.12. The molecule has 0 saturated carbocycles. The SMILES string of the molecule is CC(NC(CN(C)C)C(C)C)c1cccc(F)c1F. The van der Waals surface area contributed by atoms with Gasteiger partial charge in [-0.1, -0.05) is 26.0 Å². The van der Waals surface area contributed by atoms with Crippen molar-refractivity contribution in [2.75, 3.05) is 20.6 Å². The third-order valence-corrected chi connectivity index (χ3v) is 3.28. The maximum Gasteiger partial charge on any atom is 0.163 e. The molecule has 0 aliphatic rings. The molecular formula is C15H24F2N2. The van der Waals surface area contributed by atoms with E-state index in [0.717, 1.165) is 12.6 Å². The summed E-state index contributed by atoms with van der Waals surface area (Å²) in [5, 5.41) is 3.38. The van der Waals surface area contributed by atoms with Crippen LogP contribution in [0.2, 0.25) is 0 Å². The Morgan fingerprint density at radius 2 is 1.79 bits per heavy atom. The van der Waals surface area contributed by atoms with Crippen LogP contribution in [0, 0.1) is 17.6 Å². The number of likely N-dealkylation sites (N-methyl/N-ethyl adjacent to an activating group) is 1. The predicted molar refractivity (Wildman–Crippen MR) is 75.1 cm³/mol. The lowest BCUT2D eigenvalue weighted by Gasteiger charge is -2.29. The summed E-state index contributed by atoms with van der Waals surface area (Å²) in [6.07, 6.45) is 0. The molecule has 0 spiro atoms. The molecule has 0 amide bonds. The molecule has 0 heterocycles. The third kappa shape index (κ3) is 4.55. The maximum absolute atomic E-state index is 13.7. The van der Waals surface area contributed by atoms with Gasteiger partial charge >= 0.3 is 0 Å². The molecular weight excluding hydrogens is 246 g/mol. The summed E-state index contributed by atoms with van der Waals surface area (Å²) in [6, 6.07) is 4.33. The highest BCUT2D eigenvalue weighted by molar-refractivity contribution is 5.22. The summed E-state index contributed by atoms with van der Waals surface area (Å²) in [5.74, 6) is -1.13. The molecule has 1 aromatic carbocycles. The van der Waals surface area contributed by atoms with Gasteiger partial charge in [0.2, 0.25) is 0 Å². The highest BCUT2D eigenvalue weighted by Gasteiger charge is 2.20. The molecule has 1 aromatic rings. The summed E-state index contributed by atoms with van der Waals surface area (Å²) in [7, 11) is 4.01. The quantitative estimate of drug-likeness (QED) is 0.854. The molecule has 0 aliphatic carbocycles. The van der Waals surface area contributed by atoms with Crippen LogP contribution in [-0.4, -0.2) is 31.6 Å². The standard InChI is InChI=1S/C15H24F2N2/c1-10(2)14(9-19(4)5)18-11(3)12-7-6-8-13(16)15(12)17/h6-8,10-11,14,18H,9H2,1-5H3. The lowest BCUT2D eigenvalue weighted by molar-refractivity contribution is 0.271. The third-order valence-electron chi connectivity index (χ3n) is 3.28. The molecule has 0 bridgehead atoms. The molecule has 4 heteroatoms. The van der Waals surface area contributed by atoms with Crippen molar-refractivity contribution in [1.29, 1.82) is 0 Å². The summed E-state index contributed by atoms with van der Waals surface area (Å²) in [4.78, 5) is 2.09. The van der Waals surface area contributed by atoms with Crippen LogP contribution < -0.4 is 5.32 Å².